The number of aliphatic hydroxyl groups is 1. The van der Waals surface area contributed by atoms with Crippen molar-refractivity contribution in [3.8, 4) is 0 Å². The highest BCUT2D eigenvalue weighted by Crippen LogP contribution is 2.42. The van der Waals surface area contributed by atoms with Crippen LogP contribution in [0.25, 0.3) is 0 Å². The standard InChI is InChI=1S/C17H27N3O2/c1-12(2)9-20-16(14-5-6-14)15(8-18-20)17(22)19-7-3-4-13(10-19)11-21/h8,12-14,21H,3-7,9-11H2,1-2H3. The predicted molar refractivity (Wildman–Crippen MR) is 84.8 cm³/mol. The van der Waals surface area contributed by atoms with Crippen molar-refractivity contribution in [2.45, 2.75) is 52.0 Å². The minimum atomic E-state index is 0.107. The van der Waals surface area contributed by atoms with Crippen molar-refractivity contribution >= 4 is 5.91 Å². The van der Waals surface area contributed by atoms with Crippen molar-refractivity contribution in [3.05, 3.63) is 17.5 Å². The lowest BCUT2D eigenvalue weighted by Gasteiger charge is -2.31. The molecular formula is C17H27N3O2. The molecule has 1 atom stereocenters. The Kier molecular flexibility index (Phi) is 4.52. The quantitative estimate of drug-likeness (QED) is 0.908. The van der Waals surface area contributed by atoms with Gasteiger partial charge in [-0.2, -0.15) is 5.10 Å². The van der Waals surface area contributed by atoms with Crippen molar-refractivity contribution in [1.82, 2.24) is 14.7 Å². The maximum atomic E-state index is 12.9. The summed E-state index contributed by atoms with van der Waals surface area (Å²) in [5.74, 6) is 1.37. The zero-order valence-electron chi connectivity index (χ0n) is 13.7. The van der Waals surface area contributed by atoms with Crippen LogP contribution in [0.4, 0.5) is 0 Å². The SMILES string of the molecule is CC(C)Cn1ncc(C(=O)N2CCCC(CO)C2)c1C1CC1. The van der Waals surface area contributed by atoms with E-state index >= 15 is 0 Å². The highest BCUT2D eigenvalue weighted by molar-refractivity contribution is 5.95. The third-order valence-electron chi connectivity index (χ3n) is 4.68. The molecule has 0 bridgehead atoms. The molecule has 5 heteroatoms. The molecule has 5 nitrogen and oxygen atoms in total. The van der Waals surface area contributed by atoms with Gasteiger partial charge in [0.1, 0.15) is 0 Å². The Bertz CT molecular complexity index is 534. The summed E-state index contributed by atoms with van der Waals surface area (Å²) in [7, 11) is 0. The molecule has 3 rings (SSSR count). The Balaban J connectivity index is 1.81. The fraction of sp³-hybridized carbons (Fsp3) is 0.765. The molecule has 0 radical (unpaired) electrons. The number of carbonyl (C=O) groups excluding carboxylic acids is 1. The van der Waals surface area contributed by atoms with Crippen molar-refractivity contribution in [2.24, 2.45) is 11.8 Å². The van der Waals surface area contributed by atoms with E-state index in [-0.39, 0.29) is 18.4 Å². The maximum absolute atomic E-state index is 12.9. The first-order valence-corrected chi connectivity index (χ1v) is 8.56. The van der Waals surface area contributed by atoms with E-state index in [1.54, 1.807) is 6.20 Å². The second-order valence-electron chi connectivity index (χ2n) is 7.24. The third kappa shape index (κ3) is 3.19. The third-order valence-corrected chi connectivity index (χ3v) is 4.68. The Morgan fingerprint density at radius 1 is 1.41 bits per heavy atom. The highest BCUT2D eigenvalue weighted by atomic mass is 16.3. The Morgan fingerprint density at radius 3 is 2.82 bits per heavy atom. The number of hydrogen-bond donors (Lipinski definition) is 1. The van der Waals surface area contributed by atoms with E-state index in [9.17, 15) is 9.90 Å². The first-order chi connectivity index (χ1) is 10.6. The summed E-state index contributed by atoms with van der Waals surface area (Å²) in [5.41, 5.74) is 1.94. The van der Waals surface area contributed by atoms with Crippen LogP contribution in [0.1, 0.15) is 61.5 Å². The van der Waals surface area contributed by atoms with Crippen LogP contribution >= 0.6 is 0 Å². The summed E-state index contributed by atoms with van der Waals surface area (Å²) in [4.78, 5) is 14.8. The number of carbonyl (C=O) groups is 1. The van der Waals surface area contributed by atoms with Crippen molar-refractivity contribution in [2.75, 3.05) is 19.7 Å². The maximum Gasteiger partial charge on any atom is 0.257 e. The number of nitrogens with zero attached hydrogens (tertiary/aromatic N) is 3. The molecule has 122 valence electrons. The van der Waals surface area contributed by atoms with Crippen LogP contribution < -0.4 is 0 Å². The molecule has 2 fully saturated rings. The molecule has 1 saturated carbocycles. The number of amides is 1. The van der Waals surface area contributed by atoms with Gasteiger partial charge in [0.15, 0.2) is 0 Å². The number of aromatic nitrogens is 2. The van der Waals surface area contributed by atoms with E-state index in [2.05, 4.69) is 18.9 Å². The van der Waals surface area contributed by atoms with Gasteiger partial charge in [-0.1, -0.05) is 13.8 Å². The van der Waals surface area contributed by atoms with E-state index < -0.39 is 0 Å². The van der Waals surface area contributed by atoms with Gasteiger partial charge in [0, 0.05) is 32.2 Å². The van der Waals surface area contributed by atoms with Crippen LogP contribution in [0.2, 0.25) is 0 Å². The lowest BCUT2D eigenvalue weighted by Crippen LogP contribution is -2.41. The molecule has 2 aliphatic rings. The number of likely N-dealkylation sites (tertiary alicyclic amines) is 1. The molecular weight excluding hydrogens is 278 g/mol. The molecule has 1 N–H and O–H groups in total. The monoisotopic (exact) mass is 305 g/mol. The van der Waals surface area contributed by atoms with Crippen molar-refractivity contribution in [3.63, 3.8) is 0 Å². The summed E-state index contributed by atoms with van der Waals surface area (Å²) in [6, 6.07) is 0. The van der Waals surface area contributed by atoms with Gasteiger partial charge in [-0.25, -0.2) is 0 Å². The Labute approximate surface area is 132 Å². The largest absolute Gasteiger partial charge is 0.396 e. The van der Waals surface area contributed by atoms with Gasteiger partial charge in [-0.05, 0) is 37.5 Å². The van der Waals surface area contributed by atoms with E-state index in [0.717, 1.165) is 37.2 Å². The lowest BCUT2D eigenvalue weighted by atomic mass is 9.98. The first kappa shape index (κ1) is 15.5. The van der Waals surface area contributed by atoms with Crippen LogP contribution in [0.15, 0.2) is 6.20 Å². The summed E-state index contributed by atoms with van der Waals surface area (Å²) in [6.45, 7) is 6.88. The summed E-state index contributed by atoms with van der Waals surface area (Å²) in [5, 5.41) is 13.9. The molecule has 2 heterocycles. The van der Waals surface area contributed by atoms with Crippen molar-refractivity contribution in [1.29, 1.82) is 0 Å². The van der Waals surface area contributed by atoms with Gasteiger partial charge in [-0.3, -0.25) is 9.48 Å². The number of piperidine rings is 1. The fourth-order valence-electron chi connectivity index (χ4n) is 3.41. The van der Waals surface area contributed by atoms with Gasteiger partial charge in [0.2, 0.25) is 0 Å². The second kappa shape index (κ2) is 6.41. The highest BCUT2D eigenvalue weighted by Gasteiger charge is 2.34. The van der Waals surface area contributed by atoms with Crippen LogP contribution in [0.5, 0.6) is 0 Å². The predicted octanol–water partition coefficient (Wildman–Crippen LogP) is 2.26. The normalized spacial score (nSPS) is 22.4. The van der Waals surface area contributed by atoms with Gasteiger partial charge in [0.25, 0.3) is 5.91 Å². The summed E-state index contributed by atoms with van der Waals surface area (Å²) >= 11 is 0. The zero-order valence-corrected chi connectivity index (χ0v) is 13.7. The molecule has 1 saturated heterocycles. The molecule has 1 aliphatic carbocycles. The topological polar surface area (TPSA) is 58.4 Å². The Morgan fingerprint density at radius 2 is 2.18 bits per heavy atom. The summed E-state index contributed by atoms with van der Waals surface area (Å²) in [6.07, 6.45) is 6.10. The van der Waals surface area contributed by atoms with Crippen molar-refractivity contribution < 1.29 is 9.90 Å². The molecule has 0 aromatic carbocycles. The molecule has 1 unspecified atom stereocenters. The van der Waals surface area contributed by atoms with Gasteiger partial charge in [0.05, 0.1) is 17.5 Å². The smallest absolute Gasteiger partial charge is 0.257 e. The average Bonchev–Trinajstić information content (AvgIpc) is 3.27. The number of rotatable bonds is 5. The van der Waals surface area contributed by atoms with Crippen LogP contribution in [-0.4, -0.2) is 45.4 Å². The van der Waals surface area contributed by atoms with Crippen LogP contribution in [-0.2, 0) is 6.54 Å². The average molecular weight is 305 g/mol. The molecule has 1 aromatic heterocycles. The minimum Gasteiger partial charge on any atom is -0.396 e. The Hall–Kier alpha value is -1.36. The number of hydrogen-bond acceptors (Lipinski definition) is 3. The second-order valence-corrected chi connectivity index (χ2v) is 7.24. The van der Waals surface area contributed by atoms with E-state index in [1.807, 2.05) is 9.58 Å². The fourth-order valence-corrected chi connectivity index (χ4v) is 3.41. The first-order valence-electron chi connectivity index (χ1n) is 8.56. The molecule has 1 amide bonds. The molecule has 1 aromatic rings. The van der Waals surface area contributed by atoms with Gasteiger partial charge >= 0.3 is 0 Å². The van der Waals surface area contributed by atoms with Gasteiger partial charge < -0.3 is 10.0 Å². The van der Waals surface area contributed by atoms with E-state index in [1.165, 1.54) is 12.8 Å². The number of aliphatic hydroxyl groups excluding tert-OH is 1. The lowest BCUT2D eigenvalue weighted by molar-refractivity contribution is 0.0619. The summed E-state index contributed by atoms with van der Waals surface area (Å²) < 4.78 is 2.04. The minimum absolute atomic E-state index is 0.107. The van der Waals surface area contributed by atoms with Crippen LogP contribution in [0, 0.1) is 11.8 Å². The zero-order chi connectivity index (χ0) is 15.7. The van der Waals surface area contributed by atoms with Gasteiger partial charge in [-0.15, -0.1) is 0 Å². The van der Waals surface area contributed by atoms with Crippen LogP contribution in [0.3, 0.4) is 0 Å². The van der Waals surface area contributed by atoms with E-state index in [4.69, 9.17) is 0 Å². The van der Waals surface area contributed by atoms with E-state index in [0.29, 0.717) is 18.4 Å². The molecule has 22 heavy (non-hydrogen) atoms. The molecule has 1 aliphatic heterocycles. The molecule has 0 spiro atoms.